The van der Waals surface area contributed by atoms with Crippen LogP contribution in [0.25, 0.3) is 0 Å². The number of methoxy groups -OCH3 is 1. The number of carbonyl (C=O) groups excluding carboxylic acids is 4. The molecule has 0 aliphatic carbocycles. The van der Waals surface area contributed by atoms with Crippen molar-refractivity contribution in [3.63, 3.8) is 0 Å². The minimum absolute atomic E-state index is 0.0300. The van der Waals surface area contributed by atoms with Gasteiger partial charge < -0.3 is 19.5 Å². The number of carbonyl (C=O) groups is 4. The molecule has 0 heterocycles. The molecule has 3 aromatic carbocycles. The summed E-state index contributed by atoms with van der Waals surface area (Å²) < 4.78 is 15.5. The van der Waals surface area contributed by atoms with E-state index in [1.54, 1.807) is 0 Å². The number of hydrogen-bond donors (Lipinski definition) is 2. The van der Waals surface area contributed by atoms with Gasteiger partial charge in [0.25, 0.3) is 5.91 Å². The molecule has 0 unspecified atom stereocenters. The topological polar surface area (TPSA) is 176 Å². The molecular formula is C26H22N4O9. The summed E-state index contributed by atoms with van der Waals surface area (Å²) in [5.74, 6) is -2.69. The molecule has 0 aromatic heterocycles. The lowest BCUT2D eigenvalue weighted by atomic mass is 10.1. The summed E-state index contributed by atoms with van der Waals surface area (Å²) in [5, 5.41) is 18.0. The van der Waals surface area contributed by atoms with Crippen LogP contribution in [0.5, 0.6) is 17.2 Å². The fourth-order valence-corrected chi connectivity index (χ4v) is 3.22. The number of benzene rings is 3. The molecule has 3 aromatic rings. The Morgan fingerprint density at radius 1 is 0.923 bits per heavy atom. The van der Waals surface area contributed by atoms with Crippen LogP contribution in [0, 0.1) is 10.1 Å². The maximum absolute atomic E-state index is 12.9. The van der Waals surface area contributed by atoms with Crippen molar-refractivity contribution in [2.24, 2.45) is 5.10 Å². The number of amides is 2. The average Bonchev–Trinajstić information content (AvgIpc) is 2.89. The first-order chi connectivity index (χ1) is 18.6. The Morgan fingerprint density at radius 3 is 2.23 bits per heavy atom. The predicted octanol–water partition coefficient (Wildman–Crippen LogP) is 3.47. The number of nitrogens with one attached hydrogen (secondary N) is 2. The summed E-state index contributed by atoms with van der Waals surface area (Å²) in [7, 11) is 1.31. The van der Waals surface area contributed by atoms with Gasteiger partial charge in [-0.25, -0.2) is 10.2 Å². The van der Waals surface area contributed by atoms with Crippen molar-refractivity contribution in [2.75, 3.05) is 12.4 Å². The van der Waals surface area contributed by atoms with Gasteiger partial charge in [-0.2, -0.15) is 5.10 Å². The number of esters is 2. The largest absolute Gasteiger partial charge is 0.493 e. The van der Waals surface area contributed by atoms with Crippen LogP contribution in [0.2, 0.25) is 0 Å². The Balaban J connectivity index is 1.82. The third-order valence-electron chi connectivity index (χ3n) is 4.91. The van der Waals surface area contributed by atoms with Crippen LogP contribution in [0.4, 0.5) is 11.4 Å². The van der Waals surface area contributed by atoms with Gasteiger partial charge in [-0.1, -0.05) is 6.07 Å². The first-order valence-corrected chi connectivity index (χ1v) is 11.2. The predicted molar refractivity (Wildman–Crippen MR) is 138 cm³/mol. The van der Waals surface area contributed by atoms with E-state index in [0.717, 1.165) is 12.3 Å². The van der Waals surface area contributed by atoms with E-state index in [0.29, 0.717) is 5.69 Å². The van der Waals surface area contributed by atoms with Gasteiger partial charge in [0.2, 0.25) is 11.7 Å². The highest BCUT2D eigenvalue weighted by Crippen LogP contribution is 2.32. The molecule has 39 heavy (non-hydrogen) atoms. The van der Waals surface area contributed by atoms with Gasteiger partial charge in [0.15, 0.2) is 11.5 Å². The summed E-state index contributed by atoms with van der Waals surface area (Å²) in [6.07, 6.45) is 1.09. The third-order valence-corrected chi connectivity index (χ3v) is 4.91. The molecule has 2 amide bonds. The van der Waals surface area contributed by atoms with E-state index in [1.807, 2.05) is 0 Å². The summed E-state index contributed by atoms with van der Waals surface area (Å²) >= 11 is 0. The van der Waals surface area contributed by atoms with Gasteiger partial charge in [-0.3, -0.25) is 24.5 Å². The van der Waals surface area contributed by atoms with Gasteiger partial charge in [0.05, 0.1) is 23.8 Å². The second-order valence-electron chi connectivity index (χ2n) is 7.76. The minimum Gasteiger partial charge on any atom is -0.493 e. The number of rotatable bonds is 9. The first-order valence-electron chi connectivity index (χ1n) is 11.2. The zero-order chi connectivity index (χ0) is 28.5. The monoisotopic (exact) mass is 534 g/mol. The van der Waals surface area contributed by atoms with Crippen molar-refractivity contribution in [3.8, 4) is 17.2 Å². The molecule has 0 saturated heterocycles. The summed E-state index contributed by atoms with van der Waals surface area (Å²) in [6, 6.07) is 13.8. The first kappa shape index (κ1) is 28.0. The normalized spacial score (nSPS) is 10.4. The Kier molecular flexibility index (Phi) is 9.03. The number of nitrogens with zero attached hydrogens (tertiary/aromatic N) is 2. The van der Waals surface area contributed by atoms with E-state index < -0.39 is 34.2 Å². The maximum atomic E-state index is 12.9. The highest BCUT2D eigenvalue weighted by Gasteiger charge is 2.23. The van der Waals surface area contributed by atoms with Crippen LogP contribution in [0.15, 0.2) is 65.8 Å². The van der Waals surface area contributed by atoms with Crippen molar-refractivity contribution >= 4 is 41.3 Å². The van der Waals surface area contributed by atoms with E-state index in [4.69, 9.17) is 14.2 Å². The standard InChI is InChI=1S/C26H22N4O9/c1-15(31)28-20-10-7-17(8-11-20)25(33)29-27-14-19-5-4-6-21(30(35)36)24(19)39-26(34)18-9-12-22(38-16(2)32)23(13-18)37-3/h4-14H,1-3H3,(H,28,31)(H,29,33)/b27-14+. The highest BCUT2D eigenvalue weighted by molar-refractivity contribution is 5.97. The van der Waals surface area contributed by atoms with Crippen molar-refractivity contribution in [3.05, 3.63) is 87.5 Å². The number of hydrazone groups is 1. The minimum atomic E-state index is -0.963. The van der Waals surface area contributed by atoms with Crippen molar-refractivity contribution in [1.29, 1.82) is 0 Å². The lowest BCUT2D eigenvalue weighted by Gasteiger charge is -2.11. The molecule has 2 N–H and O–H groups in total. The van der Waals surface area contributed by atoms with Crippen LogP contribution in [0.1, 0.15) is 40.1 Å². The molecule has 0 radical (unpaired) electrons. The van der Waals surface area contributed by atoms with E-state index in [-0.39, 0.29) is 34.1 Å². The molecule has 3 rings (SSSR count). The quantitative estimate of drug-likeness (QED) is 0.137. The van der Waals surface area contributed by atoms with Gasteiger partial charge in [-0.15, -0.1) is 0 Å². The fraction of sp³-hybridized carbons (Fsp3) is 0.115. The van der Waals surface area contributed by atoms with E-state index in [2.05, 4.69) is 15.8 Å². The van der Waals surface area contributed by atoms with E-state index in [1.165, 1.54) is 75.6 Å². The Bertz CT molecular complexity index is 1470. The molecule has 0 fully saturated rings. The molecular weight excluding hydrogens is 512 g/mol. The second-order valence-corrected chi connectivity index (χ2v) is 7.76. The van der Waals surface area contributed by atoms with Crippen molar-refractivity contribution in [1.82, 2.24) is 5.43 Å². The number of para-hydroxylation sites is 1. The molecule has 13 heteroatoms. The van der Waals surface area contributed by atoms with Gasteiger partial charge >= 0.3 is 17.6 Å². The fourth-order valence-electron chi connectivity index (χ4n) is 3.22. The van der Waals surface area contributed by atoms with Crippen LogP contribution in [0.3, 0.4) is 0 Å². The van der Waals surface area contributed by atoms with Gasteiger partial charge in [0, 0.05) is 36.7 Å². The molecule has 0 bridgehead atoms. The summed E-state index contributed by atoms with van der Waals surface area (Å²) in [6.45, 7) is 2.55. The zero-order valence-electron chi connectivity index (χ0n) is 20.9. The average molecular weight is 534 g/mol. The zero-order valence-corrected chi connectivity index (χ0v) is 20.9. The van der Waals surface area contributed by atoms with Crippen LogP contribution >= 0.6 is 0 Å². The number of nitro groups is 1. The Labute approximate surface area is 221 Å². The van der Waals surface area contributed by atoms with Crippen LogP contribution in [-0.4, -0.2) is 42.0 Å². The molecule has 0 spiro atoms. The number of anilines is 1. The number of nitro benzene ring substituents is 1. The second kappa shape index (κ2) is 12.6. The molecule has 200 valence electrons. The van der Waals surface area contributed by atoms with Crippen LogP contribution < -0.4 is 25.0 Å². The number of ether oxygens (including phenoxy) is 3. The smallest absolute Gasteiger partial charge is 0.343 e. The van der Waals surface area contributed by atoms with Gasteiger partial charge in [-0.05, 0) is 48.5 Å². The SMILES string of the molecule is COc1cc(C(=O)Oc2c(/C=N/NC(=O)c3ccc(NC(C)=O)cc3)cccc2[N+](=O)[O-])ccc1OC(C)=O. The molecule has 0 aliphatic rings. The molecule has 0 aliphatic heterocycles. The van der Waals surface area contributed by atoms with Crippen molar-refractivity contribution in [2.45, 2.75) is 13.8 Å². The van der Waals surface area contributed by atoms with E-state index >= 15 is 0 Å². The van der Waals surface area contributed by atoms with Crippen molar-refractivity contribution < 1.29 is 38.3 Å². The Hall–Kier alpha value is -5.59. The number of hydrogen-bond acceptors (Lipinski definition) is 10. The lowest BCUT2D eigenvalue weighted by molar-refractivity contribution is -0.385. The molecule has 0 atom stereocenters. The van der Waals surface area contributed by atoms with Gasteiger partial charge in [0.1, 0.15) is 0 Å². The van der Waals surface area contributed by atoms with Crippen LogP contribution in [-0.2, 0) is 9.59 Å². The van der Waals surface area contributed by atoms with E-state index in [9.17, 15) is 29.3 Å². The third kappa shape index (κ3) is 7.45. The maximum Gasteiger partial charge on any atom is 0.343 e. The molecule has 0 saturated carbocycles. The lowest BCUT2D eigenvalue weighted by Crippen LogP contribution is -2.18. The highest BCUT2D eigenvalue weighted by atomic mass is 16.6. The summed E-state index contributed by atoms with van der Waals surface area (Å²) in [4.78, 5) is 58.5. The summed E-state index contributed by atoms with van der Waals surface area (Å²) in [5.41, 5.74) is 2.49. The molecule has 13 nitrogen and oxygen atoms in total. The Morgan fingerprint density at radius 2 is 1.62 bits per heavy atom.